The van der Waals surface area contributed by atoms with Gasteiger partial charge in [-0.25, -0.2) is 10.0 Å². The van der Waals surface area contributed by atoms with Crippen LogP contribution in [0.3, 0.4) is 0 Å². The van der Waals surface area contributed by atoms with Crippen LogP contribution >= 0.6 is 10.0 Å². The summed E-state index contributed by atoms with van der Waals surface area (Å²) in [5, 5.41) is 9.37. The summed E-state index contributed by atoms with van der Waals surface area (Å²) in [5.41, 5.74) is 8.97. The maximum atomic E-state index is 9.37. The standard InChI is InChI=1S/C30H34OS/c1-30(2)18-17-26(24-9-7-6-8-10-24)27-20-25(15-16-28(27)30)29(32(3,4)5)19-22-11-13-23(21-31)14-12-22/h6-17,19-20,31H,18,21H2,1-5H3/b29-19-. The molecule has 1 N–H and O–H groups in total. The van der Waals surface area contributed by atoms with Crippen molar-refractivity contribution in [2.45, 2.75) is 32.3 Å². The number of aliphatic hydroxyl groups is 1. The Morgan fingerprint density at radius 2 is 1.62 bits per heavy atom. The number of hydrogen-bond acceptors (Lipinski definition) is 1. The Morgan fingerprint density at radius 3 is 2.25 bits per heavy atom. The largest absolute Gasteiger partial charge is 0.392 e. The van der Waals surface area contributed by atoms with Gasteiger partial charge in [-0.3, -0.25) is 0 Å². The van der Waals surface area contributed by atoms with E-state index in [9.17, 15) is 5.11 Å². The van der Waals surface area contributed by atoms with Gasteiger partial charge in [0.1, 0.15) is 0 Å². The zero-order valence-corrected chi connectivity index (χ0v) is 20.7. The summed E-state index contributed by atoms with van der Waals surface area (Å²) >= 11 is 0. The lowest BCUT2D eigenvalue weighted by Crippen LogP contribution is -2.22. The van der Waals surface area contributed by atoms with Crippen molar-refractivity contribution >= 4 is 26.6 Å². The molecule has 1 nitrogen and oxygen atoms in total. The lowest BCUT2D eigenvalue weighted by Gasteiger charge is -2.35. The number of allylic oxidation sites excluding steroid dienone is 1. The third-order valence-corrected chi connectivity index (χ3v) is 8.02. The van der Waals surface area contributed by atoms with Gasteiger partial charge in [0, 0.05) is 0 Å². The first-order chi connectivity index (χ1) is 15.2. The molecule has 0 aliphatic heterocycles. The summed E-state index contributed by atoms with van der Waals surface area (Å²) < 4.78 is 0. The van der Waals surface area contributed by atoms with E-state index in [2.05, 4.69) is 105 Å². The summed E-state index contributed by atoms with van der Waals surface area (Å²) in [6.45, 7) is 4.77. The van der Waals surface area contributed by atoms with Crippen molar-refractivity contribution in [1.29, 1.82) is 0 Å². The lowest BCUT2D eigenvalue weighted by molar-refractivity contribution is 0.282. The van der Waals surface area contributed by atoms with Crippen LogP contribution in [0.15, 0.2) is 78.9 Å². The highest BCUT2D eigenvalue weighted by Gasteiger charge is 2.29. The van der Waals surface area contributed by atoms with Crippen molar-refractivity contribution in [2.75, 3.05) is 18.8 Å². The Labute approximate surface area is 194 Å². The van der Waals surface area contributed by atoms with Gasteiger partial charge in [0.25, 0.3) is 0 Å². The minimum absolute atomic E-state index is 0.0799. The van der Waals surface area contributed by atoms with Crippen molar-refractivity contribution < 1.29 is 5.11 Å². The Bertz CT molecular complexity index is 1160. The first kappa shape index (κ1) is 22.6. The quantitative estimate of drug-likeness (QED) is 0.406. The third-order valence-electron chi connectivity index (χ3n) is 6.34. The molecule has 0 amide bonds. The van der Waals surface area contributed by atoms with E-state index in [1.807, 2.05) is 12.1 Å². The Hall–Kier alpha value is -2.55. The van der Waals surface area contributed by atoms with Crippen LogP contribution in [0, 0.1) is 0 Å². The molecule has 0 heterocycles. The molecule has 32 heavy (non-hydrogen) atoms. The minimum Gasteiger partial charge on any atom is -0.392 e. The molecule has 0 unspecified atom stereocenters. The van der Waals surface area contributed by atoms with E-state index in [4.69, 9.17) is 0 Å². The number of hydrogen-bond donors (Lipinski definition) is 1. The molecule has 166 valence electrons. The molecule has 0 spiro atoms. The molecule has 0 radical (unpaired) electrons. The maximum absolute atomic E-state index is 9.37. The second kappa shape index (κ2) is 8.77. The maximum Gasteiger partial charge on any atom is 0.0681 e. The molecule has 2 heteroatoms. The van der Waals surface area contributed by atoms with E-state index in [-0.39, 0.29) is 12.0 Å². The fraction of sp³-hybridized carbons (Fsp3) is 0.267. The fourth-order valence-corrected chi connectivity index (χ4v) is 5.79. The van der Waals surface area contributed by atoms with Crippen LogP contribution in [-0.2, 0) is 12.0 Å². The average Bonchev–Trinajstić information content (AvgIpc) is 2.77. The first-order valence-electron chi connectivity index (χ1n) is 11.2. The molecule has 3 aromatic carbocycles. The lowest BCUT2D eigenvalue weighted by atomic mass is 9.72. The predicted octanol–water partition coefficient (Wildman–Crippen LogP) is 7.48. The van der Waals surface area contributed by atoms with Gasteiger partial charge >= 0.3 is 0 Å². The van der Waals surface area contributed by atoms with Crippen LogP contribution in [0.25, 0.3) is 16.6 Å². The van der Waals surface area contributed by atoms with Crippen LogP contribution in [-0.4, -0.2) is 23.9 Å². The van der Waals surface area contributed by atoms with Gasteiger partial charge in [-0.15, -0.1) is 0 Å². The molecular formula is C30H34OS. The highest BCUT2D eigenvalue weighted by molar-refractivity contribution is 8.39. The zero-order valence-electron chi connectivity index (χ0n) is 19.9. The Balaban J connectivity index is 1.86. The van der Waals surface area contributed by atoms with E-state index >= 15 is 0 Å². The second-order valence-corrected chi connectivity index (χ2v) is 14.2. The fourth-order valence-electron chi connectivity index (χ4n) is 4.46. The number of benzene rings is 3. The zero-order chi connectivity index (χ0) is 22.9. The van der Waals surface area contributed by atoms with Crippen molar-refractivity contribution in [2.24, 2.45) is 0 Å². The number of aliphatic hydroxyl groups excluding tert-OH is 1. The normalized spacial score (nSPS) is 16.3. The minimum atomic E-state index is -0.977. The van der Waals surface area contributed by atoms with Gasteiger partial charge in [-0.2, -0.15) is 0 Å². The van der Waals surface area contributed by atoms with Crippen LogP contribution < -0.4 is 0 Å². The molecule has 0 atom stereocenters. The van der Waals surface area contributed by atoms with E-state index in [0.717, 1.165) is 12.0 Å². The second-order valence-electron chi connectivity index (χ2n) is 10.1. The summed E-state index contributed by atoms with van der Waals surface area (Å²) in [6, 6.07) is 26.1. The third kappa shape index (κ3) is 4.62. The highest BCUT2D eigenvalue weighted by Crippen LogP contribution is 2.53. The van der Waals surface area contributed by atoms with E-state index in [1.165, 1.54) is 38.3 Å². The summed E-state index contributed by atoms with van der Waals surface area (Å²) in [5.74, 6) is 0. The Kier molecular flexibility index (Phi) is 6.20. The van der Waals surface area contributed by atoms with Gasteiger partial charge < -0.3 is 5.11 Å². The topological polar surface area (TPSA) is 20.2 Å². The van der Waals surface area contributed by atoms with Crippen LogP contribution in [0.5, 0.6) is 0 Å². The van der Waals surface area contributed by atoms with Gasteiger partial charge in [-0.05, 0) is 86.6 Å². The molecule has 4 rings (SSSR count). The molecular weight excluding hydrogens is 408 g/mol. The SMILES string of the molecule is CC1(C)CC=C(c2ccccc2)c2cc(/C(=C/c3ccc(CO)cc3)S(C)(C)C)ccc21. The smallest absolute Gasteiger partial charge is 0.0681 e. The van der Waals surface area contributed by atoms with Gasteiger partial charge in [0.05, 0.1) is 6.61 Å². The number of rotatable bonds is 5. The highest BCUT2D eigenvalue weighted by atomic mass is 32.3. The average molecular weight is 443 g/mol. The van der Waals surface area contributed by atoms with Gasteiger partial charge in [-0.1, -0.05) is 86.7 Å². The van der Waals surface area contributed by atoms with E-state index in [1.54, 1.807) is 0 Å². The van der Waals surface area contributed by atoms with E-state index in [0.29, 0.717) is 0 Å². The monoisotopic (exact) mass is 442 g/mol. The van der Waals surface area contributed by atoms with Gasteiger partial charge in [0.2, 0.25) is 0 Å². The summed E-state index contributed by atoms with van der Waals surface area (Å²) in [7, 11) is -0.977. The number of fused-ring (bicyclic) bond motifs is 1. The molecule has 0 bridgehead atoms. The molecule has 1 aliphatic rings. The molecule has 3 aromatic rings. The molecule has 0 saturated carbocycles. The van der Waals surface area contributed by atoms with Crippen molar-refractivity contribution in [3.63, 3.8) is 0 Å². The van der Waals surface area contributed by atoms with Crippen LogP contribution in [0.2, 0.25) is 0 Å². The van der Waals surface area contributed by atoms with Crippen molar-refractivity contribution in [1.82, 2.24) is 0 Å². The van der Waals surface area contributed by atoms with Crippen LogP contribution in [0.1, 0.15) is 53.6 Å². The molecule has 0 saturated heterocycles. The van der Waals surface area contributed by atoms with Gasteiger partial charge in [0.15, 0.2) is 0 Å². The Morgan fingerprint density at radius 1 is 0.938 bits per heavy atom. The molecule has 0 aromatic heterocycles. The molecule has 0 fully saturated rings. The predicted molar refractivity (Wildman–Crippen MR) is 143 cm³/mol. The van der Waals surface area contributed by atoms with Crippen molar-refractivity contribution in [3.05, 3.63) is 112 Å². The summed E-state index contributed by atoms with van der Waals surface area (Å²) in [4.78, 5) is 1.40. The van der Waals surface area contributed by atoms with Crippen molar-refractivity contribution in [3.8, 4) is 0 Å². The van der Waals surface area contributed by atoms with Crippen LogP contribution in [0.4, 0.5) is 0 Å². The first-order valence-corrected chi connectivity index (χ1v) is 14.1. The van der Waals surface area contributed by atoms with E-state index < -0.39 is 10.0 Å². The molecule has 1 aliphatic carbocycles. The summed E-state index contributed by atoms with van der Waals surface area (Å²) in [6.07, 6.45) is 12.9.